The highest BCUT2D eigenvalue weighted by molar-refractivity contribution is 7.10. The van der Waals surface area contributed by atoms with Gasteiger partial charge in [0.2, 0.25) is 5.91 Å². The summed E-state index contributed by atoms with van der Waals surface area (Å²) in [6, 6.07) is 11.8. The van der Waals surface area contributed by atoms with Crippen LogP contribution in [0.3, 0.4) is 0 Å². The standard InChI is InChI=1S/C16H19NO2S/c1-2-12-5-7-13(8-6-12)10-16(19)17-11-14(18)15-4-3-9-20-15/h3-9,14,18H,2,10-11H2,1H3,(H,17,19). The van der Waals surface area contributed by atoms with Gasteiger partial charge in [0.25, 0.3) is 0 Å². The van der Waals surface area contributed by atoms with Crippen LogP contribution < -0.4 is 5.32 Å². The Morgan fingerprint density at radius 2 is 1.95 bits per heavy atom. The van der Waals surface area contributed by atoms with Crippen LogP contribution in [0.5, 0.6) is 0 Å². The minimum Gasteiger partial charge on any atom is -0.386 e. The molecular formula is C16H19NO2S. The van der Waals surface area contributed by atoms with Crippen LogP contribution in [0.1, 0.15) is 29.0 Å². The molecule has 2 aromatic rings. The number of carbonyl (C=O) groups excluding carboxylic acids is 1. The number of rotatable bonds is 6. The quantitative estimate of drug-likeness (QED) is 0.859. The van der Waals surface area contributed by atoms with Crippen LogP contribution in [0.4, 0.5) is 0 Å². The number of aliphatic hydroxyl groups is 1. The Morgan fingerprint density at radius 1 is 1.25 bits per heavy atom. The number of benzene rings is 1. The second-order valence-electron chi connectivity index (χ2n) is 4.68. The van der Waals surface area contributed by atoms with E-state index < -0.39 is 6.10 Å². The number of hydrogen-bond donors (Lipinski definition) is 2. The molecule has 0 aliphatic heterocycles. The average molecular weight is 289 g/mol. The lowest BCUT2D eigenvalue weighted by molar-refractivity contribution is -0.120. The van der Waals surface area contributed by atoms with E-state index in [-0.39, 0.29) is 12.5 Å². The molecule has 0 saturated carbocycles. The lowest BCUT2D eigenvalue weighted by Crippen LogP contribution is -2.29. The number of hydrogen-bond acceptors (Lipinski definition) is 3. The first-order chi connectivity index (χ1) is 9.69. The molecule has 0 aliphatic rings. The fraction of sp³-hybridized carbons (Fsp3) is 0.312. The van der Waals surface area contributed by atoms with Crippen LogP contribution in [0, 0.1) is 0 Å². The summed E-state index contributed by atoms with van der Waals surface area (Å²) in [6.45, 7) is 2.36. The van der Waals surface area contributed by atoms with Crippen molar-refractivity contribution in [2.45, 2.75) is 25.9 Å². The van der Waals surface area contributed by atoms with E-state index in [2.05, 4.69) is 12.2 Å². The Morgan fingerprint density at radius 3 is 2.55 bits per heavy atom. The van der Waals surface area contributed by atoms with Crippen molar-refractivity contribution in [3.8, 4) is 0 Å². The van der Waals surface area contributed by atoms with Crippen molar-refractivity contribution < 1.29 is 9.90 Å². The topological polar surface area (TPSA) is 49.3 Å². The molecule has 4 heteroatoms. The van der Waals surface area contributed by atoms with Gasteiger partial charge in [-0.15, -0.1) is 11.3 Å². The van der Waals surface area contributed by atoms with Gasteiger partial charge in [0, 0.05) is 11.4 Å². The van der Waals surface area contributed by atoms with E-state index in [1.54, 1.807) is 0 Å². The number of thiophene rings is 1. The van der Waals surface area contributed by atoms with Gasteiger partial charge in [0.05, 0.1) is 6.42 Å². The van der Waals surface area contributed by atoms with Crippen molar-refractivity contribution >= 4 is 17.2 Å². The van der Waals surface area contributed by atoms with Gasteiger partial charge in [-0.2, -0.15) is 0 Å². The lowest BCUT2D eigenvalue weighted by atomic mass is 10.1. The first kappa shape index (κ1) is 14.8. The molecule has 1 atom stereocenters. The Bertz CT molecular complexity index is 534. The number of nitrogens with one attached hydrogen (secondary N) is 1. The van der Waals surface area contributed by atoms with Gasteiger partial charge in [-0.1, -0.05) is 37.3 Å². The summed E-state index contributed by atoms with van der Waals surface area (Å²) in [6.07, 6.45) is 0.724. The minimum absolute atomic E-state index is 0.0649. The zero-order chi connectivity index (χ0) is 14.4. The average Bonchev–Trinajstić information content (AvgIpc) is 3.00. The van der Waals surface area contributed by atoms with E-state index >= 15 is 0 Å². The zero-order valence-corrected chi connectivity index (χ0v) is 12.3. The van der Waals surface area contributed by atoms with Crippen LogP contribution in [0.15, 0.2) is 41.8 Å². The van der Waals surface area contributed by atoms with E-state index in [1.165, 1.54) is 16.9 Å². The third-order valence-electron chi connectivity index (χ3n) is 3.16. The second kappa shape index (κ2) is 7.22. The van der Waals surface area contributed by atoms with Gasteiger partial charge >= 0.3 is 0 Å². The number of amides is 1. The lowest BCUT2D eigenvalue weighted by Gasteiger charge is -2.10. The third-order valence-corrected chi connectivity index (χ3v) is 4.13. The predicted molar refractivity (Wildman–Crippen MR) is 81.8 cm³/mol. The van der Waals surface area contributed by atoms with Crippen LogP contribution in [0.2, 0.25) is 0 Å². The molecule has 2 N–H and O–H groups in total. The Balaban J connectivity index is 1.80. The summed E-state index contributed by atoms with van der Waals surface area (Å²) in [4.78, 5) is 12.7. The fourth-order valence-corrected chi connectivity index (χ4v) is 2.64. The highest BCUT2D eigenvalue weighted by Gasteiger charge is 2.10. The number of aryl methyl sites for hydroxylation is 1. The van der Waals surface area contributed by atoms with Gasteiger partial charge < -0.3 is 10.4 Å². The molecule has 106 valence electrons. The van der Waals surface area contributed by atoms with Gasteiger partial charge in [0.15, 0.2) is 0 Å². The molecule has 0 bridgehead atoms. The zero-order valence-electron chi connectivity index (χ0n) is 11.5. The number of aliphatic hydroxyl groups excluding tert-OH is 1. The normalized spacial score (nSPS) is 12.1. The molecule has 1 unspecified atom stereocenters. The van der Waals surface area contributed by atoms with Crippen molar-refractivity contribution in [3.63, 3.8) is 0 Å². The molecule has 1 aromatic heterocycles. The molecule has 0 radical (unpaired) electrons. The SMILES string of the molecule is CCc1ccc(CC(=O)NCC(O)c2cccs2)cc1. The smallest absolute Gasteiger partial charge is 0.224 e. The largest absolute Gasteiger partial charge is 0.386 e. The highest BCUT2D eigenvalue weighted by atomic mass is 32.1. The van der Waals surface area contributed by atoms with E-state index in [1.807, 2.05) is 41.8 Å². The molecule has 1 amide bonds. The first-order valence-electron chi connectivity index (χ1n) is 6.75. The fourth-order valence-electron chi connectivity index (χ4n) is 1.93. The molecule has 0 aliphatic carbocycles. The van der Waals surface area contributed by atoms with Crippen LogP contribution in [-0.2, 0) is 17.6 Å². The molecule has 3 nitrogen and oxygen atoms in total. The van der Waals surface area contributed by atoms with Crippen LogP contribution in [0.25, 0.3) is 0 Å². The Kier molecular flexibility index (Phi) is 5.32. The maximum Gasteiger partial charge on any atom is 0.224 e. The predicted octanol–water partition coefficient (Wildman–Crippen LogP) is 2.70. The first-order valence-corrected chi connectivity index (χ1v) is 7.63. The molecule has 0 spiro atoms. The van der Waals surface area contributed by atoms with Crippen LogP contribution in [-0.4, -0.2) is 17.6 Å². The molecule has 2 rings (SSSR count). The van der Waals surface area contributed by atoms with E-state index in [0.717, 1.165) is 16.9 Å². The van der Waals surface area contributed by atoms with Gasteiger partial charge in [-0.25, -0.2) is 0 Å². The minimum atomic E-state index is -0.624. The van der Waals surface area contributed by atoms with E-state index in [4.69, 9.17) is 0 Å². The summed E-state index contributed by atoms with van der Waals surface area (Å²) in [5, 5.41) is 14.6. The summed E-state index contributed by atoms with van der Waals surface area (Å²) in [7, 11) is 0. The van der Waals surface area contributed by atoms with E-state index in [0.29, 0.717) is 6.42 Å². The molecule has 20 heavy (non-hydrogen) atoms. The Labute approximate surface area is 123 Å². The molecule has 1 heterocycles. The van der Waals surface area contributed by atoms with Crippen molar-refractivity contribution in [1.82, 2.24) is 5.32 Å². The van der Waals surface area contributed by atoms with Crippen molar-refractivity contribution in [3.05, 3.63) is 57.8 Å². The van der Waals surface area contributed by atoms with Gasteiger partial charge in [-0.05, 0) is 29.0 Å². The van der Waals surface area contributed by atoms with Crippen molar-refractivity contribution in [2.75, 3.05) is 6.54 Å². The monoisotopic (exact) mass is 289 g/mol. The second-order valence-corrected chi connectivity index (χ2v) is 5.66. The van der Waals surface area contributed by atoms with Crippen LogP contribution >= 0.6 is 11.3 Å². The molecule has 1 aromatic carbocycles. The highest BCUT2D eigenvalue weighted by Crippen LogP contribution is 2.17. The maximum absolute atomic E-state index is 11.8. The summed E-state index contributed by atoms with van der Waals surface area (Å²) in [5.74, 6) is -0.0649. The molecule has 0 saturated heterocycles. The third kappa shape index (κ3) is 4.18. The summed E-state index contributed by atoms with van der Waals surface area (Å²) < 4.78 is 0. The Hall–Kier alpha value is -1.65. The number of carbonyl (C=O) groups is 1. The van der Waals surface area contributed by atoms with Crippen molar-refractivity contribution in [1.29, 1.82) is 0 Å². The maximum atomic E-state index is 11.8. The summed E-state index contributed by atoms with van der Waals surface area (Å²) >= 11 is 1.49. The van der Waals surface area contributed by atoms with Crippen molar-refractivity contribution in [2.24, 2.45) is 0 Å². The van der Waals surface area contributed by atoms with E-state index in [9.17, 15) is 9.90 Å². The van der Waals surface area contributed by atoms with Gasteiger partial charge in [0.1, 0.15) is 6.10 Å². The molecular weight excluding hydrogens is 270 g/mol. The molecule has 0 fully saturated rings. The summed E-state index contributed by atoms with van der Waals surface area (Å²) in [5.41, 5.74) is 2.26. The van der Waals surface area contributed by atoms with Gasteiger partial charge in [-0.3, -0.25) is 4.79 Å².